The third-order valence-electron chi connectivity index (χ3n) is 2.33. The van der Waals surface area contributed by atoms with Gasteiger partial charge < -0.3 is 15.4 Å². The van der Waals surface area contributed by atoms with Gasteiger partial charge in [-0.15, -0.1) is 0 Å². The fraction of sp³-hybridized carbons (Fsp3) is 1.00. The highest BCUT2D eigenvalue weighted by Crippen LogP contribution is 2.05. The van der Waals surface area contributed by atoms with E-state index in [1.54, 1.807) is 0 Å². The first-order valence-electron chi connectivity index (χ1n) is 5.33. The maximum atomic E-state index is 5.29. The zero-order chi connectivity index (χ0) is 9.52. The number of nitrogens with one attached hydrogen (secondary N) is 2. The van der Waals surface area contributed by atoms with Crippen LogP contribution in [0.2, 0.25) is 0 Å². The molecule has 0 saturated carbocycles. The molecule has 3 heteroatoms. The summed E-state index contributed by atoms with van der Waals surface area (Å²) in [6.07, 6.45) is 2.34. The van der Waals surface area contributed by atoms with E-state index in [0.717, 1.165) is 26.3 Å². The Kier molecular flexibility index (Phi) is 5.35. The van der Waals surface area contributed by atoms with E-state index in [1.807, 2.05) is 0 Å². The third kappa shape index (κ3) is 5.24. The summed E-state index contributed by atoms with van der Waals surface area (Å²) >= 11 is 0. The Bertz CT molecular complexity index is 122. The minimum Gasteiger partial charge on any atom is -0.381 e. The van der Waals surface area contributed by atoms with Crippen molar-refractivity contribution in [2.24, 2.45) is 0 Å². The summed E-state index contributed by atoms with van der Waals surface area (Å²) in [5.41, 5.74) is 0. The number of hydrogen-bond acceptors (Lipinski definition) is 3. The normalized spacial score (nSPS) is 19.6. The zero-order valence-corrected chi connectivity index (χ0v) is 8.81. The second-order valence-electron chi connectivity index (χ2n) is 3.95. The average molecular weight is 186 g/mol. The molecule has 0 spiro atoms. The maximum absolute atomic E-state index is 5.29. The lowest BCUT2D eigenvalue weighted by molar-refractivity contribution is 0.0781. The summed E-state index contributed by atoms with van der Waals surface area (Å²) in [6.45, 7) is 8.34. The molecule has 2 N–H and O–H groups in total. The molecule has 0 unspecified atom stereocenters. The van der Waals surface area contributed by atoms with E-state index in [1.165, 1.54) is 12.8 Å². The Hall–Kier alpha value is -0.120. The van der Waals surface area contributed by atoms with Crippen LogP contribution in [0.15, 0.2) is 0 Å². The van der Waals surface area contributed by atoms with Crippen LogP contribution in [0.1, 0.15) is 26.7 Å². The predicted octanol–water partition coefficient (Wildman–Crippen LogP) is 0.753. The zero-order valence-electron chi connectivity index (χ0n) is 8.81. The van der Waals surface area contributed by atoms with Gasteiger partial charge in [-0.2, -0.15) is 0 Å². The molecule has 0 aromatic rings. The second-order valence-corrected chi connectivity index (χ2v) is 3.95. The van der Waals surface area contributed by atoms with Crippen molar-refractivity contribution < 1.29 is 4.74 Å². The van der Waals surface area contributed by atoms with Crippen LogP contribution in [0.3, 0.4) is 0 Å². The van der Waals surface area contributed by atoms with Gasteiger partial charge in [-0.05, 0) is 12.8 Å². The first kappa shape index (κ1) is 11.0. The van der Waals surface area contributed by atoms with Crippen LogP contribution in [0, 0.1) is 0 Å². The van der Waals surface area contributed by atoms with Crippen LogP contribution in [0.25, 0.3) is 0 Å². The van der Waals surface area contributed by atoms with Crippen molar-refractivity contribution in [3.05, 3.63) is 0 Å². The third-order valence-corrected chi connectivity index (χ3v) is 2.33. The Morgan fingerprint density at radius 3 is 2.54 bits per heavy atom. The summed E-state index contributed by atoms with van der Waals surface area (Å²) in [7, 11) is 0. The van der Waals surface area contributed by atoms with Crippen LogP contribution >= 0.6 is 0 Å². The molecular weight excluding hydrogens is 164 g/mol. The standard InChI is InChI=1S/C10H22N2O/c1-9(2)11-5-6-12-10-3-7-13-8-4-10/h9-12H,3-8H2,1-2H3. The van der Waals surface area contributed by atoms with Crippen LogP contribution in [-0.2, 0) is 4.74 Å². The van der Waals surface area contributed by atoms with E-state index in [-0.39, 0.29) is 0 Å². The van der Waals surface area contributed by atoms with Crippen molar-refractivity contribution in [3.8, 4) is 0 Å². The van der Waals surface area contributed by atoms with Gasteiger partial charge in [0.25, 0.3) is 0 Å². The van der Waals surface area contributed by atoms with Gasteiger partial charge in [-0.25, -0.2) is 0 Å². The average Bonchev–Trinajstić information content (AvgIpc) is 2.14. The molecule has 1 rings (SSSR count). The summed E-state index contributed by atoms with van der Waals surface area (Å²) < 4.78 is 5.29. The maximum Gasteiger partial charge on any atom is 0.0480 e. The van der Waals surface area contributed by atoms with Gasteiger partial charge >= 0.3 is 0 Å². The molecule has 3 nitrogen and oxygen atoms in total. The molecule has 1 heterocycles. The van der Waals surface area contributed by atoms with E-state index >= 15 is 0 Å². The van der Waals surface area contributed by atoms with Crippen LogP contribution in [0.5, 0.6) is 0 Å². The molecule has 13 heavy (non-hydrogen) atoms. The highest BCUT2D eigenvalue weighted by molar-refractivity contribution is 4.70. The van der Waals surface area contributed by atoms with Crippen LogP contribution in [0.4, 0.5) is 0 Å². The lowest BCUT2D eigenvalue weighted by atomic mass is 10.1. The topological polar surface area (TPSA) is 33.3 Å². The molecule has 0 aromatic heterocycles. The Labute approximate surface area is 81.2 Å². The molecule has 78 valence electrons. The molecule has 0 bridgehead atoms. The molecule has 1 fully saturated rings. The summed E-state index contributed by atoms with van der Waals surface area (Å²) in [5, 5.41) is 6.93. The van der Waals surface area contributed by atoms with Gasteiger partial charge in [-0.3, -0.25) is 0 Å². The van der Waals surface area contributed by atoms with E-state index < -0.39 is 0 Å². The quantitative estimate of drug-likeness (QED) is 0.622. The van der Waals surface area contributed by atoms with Crippen molar-refractivity contribution in [1.29, 1.82) is 0 Å². The molecule has 0 aromatic carbocycles. The molecule has 0 radical (unpaired) electrons. The van der Waals surface area contributed by atoms with Gasteiger partial charge in [0.15, 0.2) is 0 Å². The van der Waals surface area contributed by atoms with E-state index in [4.69, 9.17) is 4.74 Å². The van der Waals surface area contributed by atoms with Crippen LogP contribution < -0.4 is 10.6 Å². The molecule has 0 amide bonds. The lowest BCUT2D eigenvalue weighted by Gasteiger charge is -2.23. The lowest BCUT2D eigenvalue weighted by Crippen LogP contribution is -2.39. The fourth-order valence-corrected chi connectivity index (χ4v) is 1.54. The van der Waals surface area contributed by atoms with Gasteiger partial charge in [0.05, 0.1) is 0 Å². The summed E-state index contributed by atoms with van der Waals surface area (Å²) in [5.74, 6) is 0. The minimum atomic E-state index is 0.594. The molecule has 0 atom stereocenters. The van der Waals surface area contributed by atoms with Gasteiger partial charge in [0.2, 0.25) is 0 Å². The Morgan fingerprint density at radius 1 is 1.23 bits per heavy atom. The highest BCUT2D eigenvalue weighted by Gasteiger charge is 2.11. The smallest absolute Gasteiger partial charge is 0.0480 e. The molecular formula is C10H22N2O. The summed E-state index contributed by atoms with van der Waals surface area (Å²) in [4.78, 5) is 0. The summed E-state index contributed by atoms with van der Waals surface area (Å²) in [6, 6.07) is 1.28. The molecule has 1 saturated heterocycles. The first-order valence-corrected chi connectivity index (χ1v) is 5.33. The van der Waals surface area contributed by atoms with E-state index in [2.05, 4.69) is 24.5 Å². The SMILES string of the molecule is CC(C)NCCNC1CCOCC1. The van der Waals surface area contributed by atoms with Crippen molar-refractivity contribution in [2.45, 2.75) is 38.8 Å². The number of ether oxygens (including phenoxy) is 1. The monoisotopic (exact) mass is 186 g/mol. The van der Waals surface area contributed by atoms with E-state index in [0.29, 0.717) is 12.1 Å². The van der Waals surface area contributed by atoms with Gasteiger partial charge in [0.1, 0.15) is 0 Å². The highest BCUT2D eigenvalue weighted by atomic mass is 16.5. The van der Waals surface area contributed by atoms with Gasteiger partial charge in [0, 0.05) is 38.4 Å². The number of rotatable bonds is 5. The predicted molar refractivity (Wildman–Crippen MR) is 55.0 cm³/mol. The van der Waals surface area contributed by atoms with Crippen molar-refractivity contribution in [2.75, 3.05) is 26.3 Å². The number of hydrogen-bond donors (Lipinski definition) is 2. The minimum absolute atomic E-state index is 0.594. The van der Waals surface area contributed by atoms with Crippen molar-refractivity contribution in [1.82, 2.24) is 10.6 Å². The van der Waals surface area contributed by atoms with Crippen molar-refractivity contribution >= 4 is 0 Å². The molecule has 1 aliphatic rings. The second kappa shape index (κ2) is 6.35. The van der Waals surface area contributed by atoms with Crippen molar-refractivity contribution in [3.63, 3.8) is 0 Å². The molecule has 1 aliphatic heterocycles. The fourth-order valence-electron chi connectivity index (χ4n) is 1.54. The first-order chi connectivity index (χ1) is 6.29. The molecule has 0 aliphatic carbocycles. The Balaban J connectivity index is 1.92. The largest absolute Gasteiger partial charge is 0.381 e. The Morgan fingerprint density at radius 2 is 1.92 bits per heavy atom. The van der Waals surface area contributed by atoms with E-state index in [9.17, 15) is 0 Å². The van der Waals surface area contributed by atoms with Gasteiger partial charge in [-0.1, -0.05) is 13.8 Å². The van der Waals surface area contributed by atoms with Crippen LogP contribution in [-0.4, -0.2) is 38.4 Å².